The molecule has 0 N–H and O–H groups in total. The lowest BCUT2D eigenvalue weighted by Crippen LogP contribution is -2.08. The van der Waals surface area contributed by atoms with Crippen LogP contribution in [0.25, 0.3) is 5.57 Å². The van der Waals surface area contributed by atoms with Crippen LogP contribution < -0.4 is 0 Å². The average Bonchev–Trinajstić information content (AvgIpc) is 2.62. The molecule has 0 aliphatic rings. The van der Waals surface area contributed by atoms with Crippen LogP contribution in [0.1, 0.15) is 18.1 Å². The van der Waals surface area contributed by atoms with Gasteiger partial charge in [-0.3, -0.25) is 0 Å². The number of benzene rings is 2. The summed E-state index contributed by atoms with van der Waals surface area (Å²) in [7, 11) is 0. The van der Waals surface area contributed by atoms with Crippen molar-refractivity contribution in [2.45, 2.75) is 18.0 Å². The second-order valence-corrected chi connectivity index (χ2v) is 6.24. The number of ether oxygens (including phenoxy) is 1. The van der Waals surface area contributed by atoms with Gasteiger partial charge in [-0.2, -0.15) is 13.2 Å². The zero-order valence-corrected chi connectivity index (χ0v) is 14.9. The molecule has 0 heterocycles. The first-order valence-corrected chi connectivity index (χ1v) is 8.62. The Morgan fingerprint density at radius 2 is 1.85 bits per heavy atom. The van der Waals surface area contributed by atoms with Crippen molar-refractivity contribution in [1.29, 1.82) is 0 Å². The number of hydrogen-bond acceptors (Lipinski definition) is 3. The Hall–Kier alpha value is -2.47. The molecule has 0 saturated heterocycles. The summed E-state index contributed by atoms with van der Waals surface area (Å²) in [4.78, 5) is 12.9. The second kappa shape index (κ2) is 8.76. The number of esters is 1. The van der Waals surface area contributed by atoms with Gasteiger partial charge in [-0.1, -0.05) is 60.8 Å². The van der Waals surface area contributed by atoms with Crippen molar-refractivity contribution in [3.63, 3.8) is 0 Å². The molecular formula is C20H17F3O2S. The molecular weight excluding hydrogens is 361 g/mol. The number of halogens is 3. The van der Waals surface area contributed by atoms with E-state index in [0.29, 0.717) is 5.57 Å². The molecule has 0 aliphatic heterocycles. The van der Waals surface area contributed by atoms with E-state index >= 15 is 0 Å². The molecule has 2 aromatic carbocycles. The fourth-order valence-corrected chi connectivity index (χ4v) is 3.24. The van der Waals surface area contributed by atoms with Gasteiger partial charge in [0.2, 0.25) is 0 Å². The van der Waals surface area contributed by atoms with Crippen LogP contribution in [0.4, 0.5) is 13.2 Å². The average molecular weight is 378 g/mol. The van der Waals surface area contributed by atoms with E-state index in [-0.39, 0.29) is 16.4 Å². The van der Waals surface area contributed by atoms with Gasteiger partial charge in [0.25, 0.3) is 0 Å². The quantitative estimate of drug-likeness (QED) is 0.269. The van der Waals surface area contributed by atoms with Crippen LogP contribution >= 0.6 is 11.8 Å². The molecule has 136 valence electrons. The third kappa shape index (κ3) is 5.02. The normalized spacial score (nSPS) is 12.3. The summed E-state index contributed by atoms with van der Waals surface area (Å²) in [5, 5.41) is 0. The lowest BCUT2D eigenvalue weighted by Gasteiger charge is -2.13. The largest absolute Gasteiger partial charge is 0.462 e. The summed E-state index contributed by atoms with van der Waals surface area (Å²) in [5.41, 5.74) is 0.460. The van der Waals surface area contributed by atoms with Gasteiger partial charge in [-0.05, 0) is 30.7 Å². The number of carbonyl (C=O) groups excluding carboxylic acids is 1. The van der Waals surface area contributed by atoms with Crippen molar-refractivity contribution in [2.24, 2.45) is 0 Å². The fourth-order valence-electron chi connectivity index (χ4n) is 2.22. The number of thioether (sulfide) groups is 1. The van der Waals surface area contributed by atoms with Gasteiger partial charge in [0.1, 0.15) is 4.91 Å². The maximum absolute atomic E-state index is 12.9. The molecule has 0 spiro atoms. The Bertz CT molecular complexity index is 811. The van der Waals surface area contributed by atoms with Crippen LogP contribution in [0.2, 0.25) is 0 Å². The van der Waals surface area contributed by atoms with Crippen molar-refractivity contribution < 1.29 is 22.7 Å². The minimum atomic E-state index is -4.45. The van der Waals surface area contributed by atoms with Crippen molar-refractivity contribution in [2.75, 3.05) is 6.61 Å². The number of alkyl halides is 3. The van der Waals surface area contributed by atoms with E-state index in [1.807, 2.05) is 6.07 Å². The van der Waals surface area contributed by atoms with Crippen LogP contribution in [0.3, 0.4) is 0 Å². The first kappa shape index (κ1) is 19.8. The van der Waals surface area contributed by atoms with E-state index in [0.717, 1.165) is 29.5 Å². The summed E-state index contributed by atoms with van der Waals surface area (Å²) < 4.78 is 43.9. The van der Waals surface area contributed by atoms with Crippen LogP contribution in [0.5, 0.6) is 0 Å². The topological polar surface area (TPSA) is 26.3 Å². The molecule has 2 nitrogen and oxygen atoms in total. The molecule has 6 heteroatoms. The predicted molar refractivity (Wildman–Crippen MR) is 97.5 cm³/mol. The van der Waals surface area contributed by atoms with Gasteiger partial charge in [0, 0.05) is 10.5 Å². The highest BCUT2D eigenvalue weighted by atomic mass is 32.2. The highest BCUT2D eigenvalue weighted by Gasteiger charge is 2.30. The molecule has 0 aromatic heterocycles. The summed E-state index contributed by atoms with van der Waals surface area (Å²) in [6.45, 7) is 5.56. The van der Waals surface area contributed by atoms with Crippen LogP contribution in [0.15, 0.2) is 77.1 Å². The molecule has 26 heavy (non-hydrogen) atoms. The first-order chi connectivity index (χ1) is 12.4. The molecule has 2 aromatic rings. The Morgan fingerprint density at radius 1 is 1.15 bits per heavy atom. The molecule has 0 radical (unpaired) electrons. The zero-order chi connectivity index (χ0) is 19.2. The van der Waals surface area contributed by atoms with Crippen molar-refractivity contribution in [3.8, 4) is 0 Å². The zero-order valence-electron chi connectivity index (χ0n) is 14.0. The molecule has 0 bridgehead atoms. The van der Waals surface area contributed by atoms with Crippen LogP contribution in [0, 0.1) is 0 Å². The number of carbonyl (C=O) groups is 1. The van der Waals surface area contributed by atoms with E-state index in [9.17, 15) is 18.0 Å². The molecule has 0 atom stereocenters. The Morgan fingerprint density at radius 3 is 2.42 bits per heavy atom. The van der Waals surface area contributed by atoms with E-state index in [4.69, 9.17) is 4.74 Å². The van der Waals surface area contributed by atoms with E-state index in [1.54, 1.807) is 31.2 Å². The maximum atomic E-state index is 12.9. The SMILES string of the molecule is C=C/C(=C(\Sc1cccc(C(F)(F)F)c1)C(=O)OCC)c1ccccc1. The van der Waals surface area contributed by atoms with Crippen molar-refractivity contribution in [1.82, 2.24) is 0 Å². The second-order valence-electron chi connectivity index (χ2n) is 5.16. The highest BCUT2D eigenvalue weighted by molar-refractivity contribution is 8.04. The molecule has 0 saturated carbocycles. The lowest BCUT2D eigenvalue weighted by molar-refractivity contribution is -0.138. The van der Waals surface area contributed by atoms with Crippen molar-refractivity contribution in [3.05, 3.63) is 83.3 Å². The monoisotopic (exact) mass is 378 g/mol. The third-order valence-corrected chi connectivity index (χ3v) is 4.46. The number of rotatable bonds is 6. The molecule has 2 rings (SSSR count). The summed E-state index contributed by atoms with van der Waals surface area (Å²) in [6, 6.07) is 13.8. The van der Waals surface area contributed by atoms with Gasteiger partial charge in [0.15, 0.2) is 0 Å². The highest BCUT2D eigenvalue weighted by Crippen LogP contribution is 2.37. The third-order valence-electron chi connectivity index (χ3n) is 3.38. The predicted octanol–water partition coefficient (Wildman–Crippen LogP) is 5.96. The maximum Gasteiger partial charge on any atom is 0.416 e. The lowest BCUT2D eigenvalue weighted by atomic mass is 10.1. The summed E-state index contributed by atoms with van der Waals surface area (Å²) in [6.07, 6.45) is -2.95. The molecule has 0 fully saturated rings. The molecule has 0 amide bonds. The standard InChI is InChI=1S/C20H17F3O2S/c1-3-17(14-9-6-5-7-10-14)18(19(24)25-4-2)26-16-12-8-11-15(13-16)20(21,22)23/h3,5-13H,1,4H2,2H3/b18-17+. The minimum Gasteiger partial charge on any atom is -0.462 e. The Balaban J connectivity index is 2.51. The smallest absolute Gasteiger partial charge is 0.416 e. The van der Waals surface area contributed by atoms with Crippen LogP contribution in [-0.2, 0) is 15.7 Å². The Labute approximate surface area is 154 Å². The van der Waals surface area contributed by atoms with Gasteiger partial charge in [0.05, 0.1) is 12.2 Å². The summed E-state index contributed by atoms with van der Waals surface area (Å²) >= 11 is 0.928. The van der Waals surface area contributed by atoms with E-state index < -0.39 is 17.7 Å². The van der Waals surface area contributed by atoms with E-state index in [1.165, 1.54) is 18.2 Å². The van der Waals surface area contributed by atoms with Gasteiger partial charge < -0.3 is 4.74 Å². The van der Waals surface area contributed by atoms with Crippen LogP contribution in [-0.4, -0.2) is 12.6 Å². The Kier molecular flexibility index (Phi) is 6.69. The van der Waals surface area contributed by atoms with Gasteiger partial charge in [-0.15, -0.1) is 0 Å². The van der Waals surface area contributed by atoms with Crippen molar-refractivity contribution >= 4 is 23.3 Å². The van der Waals surface area contributed by atoms with Gasteiger partial charge in [-0.25, -0.2) is 4.79 Å². The first-order valence-electron chi connectivity index (χ1n) is 7.81. The molecule has 0 aliphatic carbocycles. The summed E-state index contributed by atoms with van der Waals surface area (Å²) in [5.74, 6) is -0.603. The number of allylic oxidation sites excluding steroid dienone is 2. The van der Waals surface area contributed by atoms with Gasteiger partial charge >= 0.3 is 12.1 Å². The molecule has 0 unspecified atom stereocenters. The number of hydrogen-bond donors (Lipinski definition) is 0. The minimum absolute atomic E-state index is 0.157. The van der Waals surface area contributed by atoms with E-state index in [2.05, 4.69) is 6.58 Å². The fraction of sp³-hybridized carbons (Fsp3) is 0.150.